The summed E-state index contributed by atoms with van der Waals surface area (Å²) in [5.41, 5.74) is 3.20. The van der Waals surface area contributed by atoms with Crippen LogP contribution in [0.1, 0.15) is 28.8 Å². The van der Waals surface area contributed by atoms with E-state index in [0.29, 0.717) is 30.2 Å². The van der Waals surface area contributed by atoms with Gasteiger partial charge in [0, 0.05) is 30.3 Å². The Hall–Kier alpha value is -3.15. The van der Waals surface area contributed by atoms with Gasteiger partial charge < -0.3 is 15.0 Å². The molecule has 2 aliphatic rings. The Labute approximate surface area is 151 Å². The Kier molecular flexibility index (Phi) is 4.39. The molecular formula is C20H19N3O3. The summed E-state index contributed by atoms with van der Waals surface area (Å²) in [6, 6.07) is 9.13. The number of amides is 2. The Morgan fingerprint density at radius 1 is 1.23 bits per heavy atom. The summed E-state index contributed by atoms with van der Waals surface area (Å²) in [6.07, 6.45) is 7.60. The zero-order valence-electron chi connectivity index (χ0n) is 14.3. The third-order valence-corrected chi connectivity index (χ3v) is 4.55. The number of allylic oxidation sites excluding steroid dienone is 1. The second-order valence-corrected chi connectivity index (χ2v) is 6.31. The van der Waals surface area contributed by atoms with Gasteiger partial charge in [0.1, 0.15) is 0 Å². The van der Waals surface area contributed by atoms with E-state index in [0.717, 1.165) is 30.5 Å². The van der Waals surface area contributed by atoms with E-state index in [2.05, 4.69) is 10.3 Å². The lowest BCUT2D eigenvalue weighted by atomic mass is 10.1. The van der Waals surface area contributed by atoms with E-state index in [9.17, 15) is 9.59 Å². The molecule has 6 heteroatoms. The number of nitrogens with zero attached hydrogens (tertiary/aromatic N) is 2. The van der Waals surface area contributed by atoms with E-state index in [1.54, 1.807) is 29.4 Å². The number of nitrogens with one attached hydrogen (secondary N) is 1. The predicted molar refractivity (Wildman–Crippen MR) is 98.0 cm³/mol. The standard InChI is InChI=1S/C20H19N3O3/c24-19(18-5-1-2-11-26-18)22-16-6-7-17-14(12-16)8-10-23(17)20(25)15-4-3-9-21-13-15/h3-7,9,12-13H,1-2,8,10-11H2,(H,22,24). The van der Waals surface area contributed by atoms with Gasteiger partial charge in [-0.15, -0.1) is 0 Å². The molecule has 1 N–H and O–H groups in total. The lowest BCUT2D eigenvalue weighted by molar-refractivity contribution is -0.116. The second-order valence-electron chi connectivity index (χ2n) is 6.31. The predicted octanol–water partition coefficient (Wildman–Crippen LogP) is 2.92. The third kappa shape index (κ3) is 3.18. The minimum absolute atomic E-state index is 0.0607. The van der Waals surface area contributed by atoms with Gasteiger partial charge in [0.25, 0.3) is 11.8 Å². The summed E-state index contributed by atoms with van der Waals surface area (Å²) in [5.74, 6) is 0.0884. The van der Waals surface area contributed by atoms with Gasteiger partial charge in [-0.25, -0.2) is 0 Å². The van der Waals surface area contributed by atoms with Crippen molar-refractivity contribution in [2.45, 2.75) is 19.3 Å². The minimum atomic E-state index is -0.231. The highest BCUT2D eigenvalue weighted by Gasteiger charge is 2.26. The number of pyridine rings is 1. The van der Waals surface area contributed by atoms with Crippen molar-refractivity contribution >= 4 is 23.2 Å². The van der Waals surface area contributed by atoms with Crippen LogP contribution in [-0.2, 0) is 16.0 Å². The lowest BCUT2D eigenvalue weighted by Crippen LogP contribution is -2.28. The summed E-state index contributed by atoms with van der Waals surface area (Å²) in [7, 11) is 0. The van der Waals surface area contributed by atoms with Crippen LogP contribution in [-0.4, -0.2) is 29.9 Å². The molecule has 26 heavy (non-hydrogen) atoms. The van der Waals surface area contributed by atoms with Gasteiger partial charge in [0.05, 0.1) is 12.2 Å². The van der Waals surface area contributed by atoms with Gasteiger partial charge in [-0.05, 0) is 61.2 Å². The van der Waals surface area contributed by atoms with Crippen molar-refractivity contribution in [2.75, 3.05) is 23.4 Å². The molecule has 0 bridgehead atoms. The molecule has 0 radical (unpaired) electrons. The molecule has 2 amide bonds. The number of aromatic nitrogens is 1. The number of hydrogen-bond acceptors (Lipinski definition) is 4. The van der Waals surface area contributed by atoms with Gasteiger partial charge >= 0.3 is 0 Å². The number of hydrogen-bond donors (Lipinski definition) is 1. The molecular weight excluding hydrogens is 330 g/mol. The van der Waals surface area contributed by atoms with Crippen molar-refractivity contribution in [3.63, 3.8) is 0 Å². The van der Waals surface area contributed by atoms with Crippen LogP contribution in [0.15, 0.2) is 54.6 Å². The van der Waals surface area contributed by atoms with E-state index in [-0.39, 0.29) is 11.8 Å². The van der Waals surface area contributed by atoms with Crippen molar-refractivity contribution in [3.8, 4) is 0 Å². The minimum Gasteiger partial charge on any atom is -0.488 e. The monoisotopic (exact) mass is 349 g/mol. The number of carbonyl (C=O) groups excluding carboxylic acids is 2. The van der Waals surface area contributed by atoms with Crippen molar-refractivity contribution in [1.82, 2.24) is 4.98 Å². The molecule has 0 aliphatic carbocycles. The van der Waals surface area contributed by atoms with Crippen molar-refractivity contribution in [1.29, 1.82) is 0 Å². The molecule has 132 valence electrons. The largest absolute Gasteiger partial charge is 0.488 e. The first-order chi connectivity index (χ1) is 12.7. The van der Waals surface area contributed by atoms with Crippen molar-refractivity contribution < 1.29 is 14.3 Å². The first-order valence-corrected chi connectivity index (χ1v) is 8.71. The van der Waals surface area contributed by atoms with Crippen LogP contribution in [0, 0.1) is 0 Å². The summed E-state index contributed by atoms with van der Waals surface area (Å²) in [5, 5.41) is 2.87. The van der Waals surface area contributed by atoms with E-state index in [4.69, 9.17) is 4.74 Å². The van der Waals surface area contributed by atoms with Crippen LogP contribution in [0.2, 0.25) is 0 Å². The maximum atomic E-state index is 12.7. The quantitative estimate of drug-likeness (QED) is 0.925. The van der Waals surface area contributed by atoms with Crippen molar-refractivity contribution in [2.24, 2.45) is 0 Å². The second kappa shape index (κ2) is 7.00. The molecule has 0 saturated carbocycles. The normalized spacial score (nSPS) is 15.7. The van der Waals surface area contributed by atoms with E-state index in [1.807, 2.05) is 24.3 Å². The van der Waals surface area contributed by atoms with E-state index >= 15 is 0 Å². The molecule has 0 spiro atoms. The zero-order valence-corrected chi connectivity index (χ0v) is 14.3. The fraction of sp³-hybridized carbons (Fsp3) is 0.250. The molecule has 2 aliphatic heterocycles. The Balaban J connectivity index is 1.51. The van der Waals surface area contributed by atoms with Gasteiger partial charge in [0.15, 0.2) is 5.76 Å². The average Bonchev–Trinajstić information content (AvgIpc) is 3.12. The molecule has 4 rings (SSSR count). The average molecular weight is 349 g/mol. The molecule has 6 nitrogen and oxygen atoms in total. The number of carbonyl (C=O) groups is 2. The first kappa shape index (κ1) is 16.3. The summed E-state index contributed by atoms with van der Waals surface area (Å²) < 4.78 is 5.39. The third-order valence-electron chi connectivity index (χ3n) is 4.55. The van der Waals surface area contributed by atoms with Crippen LogP contribution < -0.4 is 10.2 Å². The molecule has 2 aromatic rings. The summed E-state index contributed by atoms with van der Waals surface area (Å²) in [6.45, 7) is 1.20. The van der Waals surface area contributed by atoms with Crippen LogP contribution in [0.3, 0.4) is 0 Å². The van der Waals surface area contributed by atoms with Gasteiger partial charge in [0.2, 0.25) is 0 Å². The molecule has 0 unspecified atom stereocenters. The molecule has 1 aromatic heterocycles. The van der Waals surface area contributed by atoms with Crippen molar-refractivity contribution in [3.05, 3.63) is 65.7 Å². The molecule has 0 atom stereocenters. The van der Waals surface area contributed by atoms with Crippen LogP contribution in [0.4, 0.5) is 11.4 Å². The topological polar surface area (TPSA) is 71.5 Å². The van der Waals surface area contributed by atoms with Crippen LogP contribution >= 0.6 is 0 Å². The van der Waals surface area contributed by atoms with Gasteiger partial charge in [-0.2, -0.15) is 0 Å². The summed E-state index contributed by atoms with van der Waals surface area (Å²) >= 11 is 0. The number of rotatable bonds is 3. The molecule has 0 fully saturated rings. The highest BCUT2D eigenvalue weighted by atomic mass is 16.5. The fourth-order valence-electron chi connectivity index (χ4n) is 3.24. The highest BCUT2D eigenvalue weighted by molar-refractivity contribution is 6.07. The maximum absolute atomic E-state index is 12.7. The first-order valence-electron chi connectivity index (χ1n) is 8.71. The number of anilines is 2. The molecule has 3 heterocycles. The molecule has 1 aromatic carbocycles. The van der Waals surface area contributed by atoms with Gasteiger partial charge in [-0.3, -0.25) is 14.6 Å². The Morgan fingerprint density at radius 2 is 2.15 bits per heavy atom. The van der Waals surface area contributed by atoms with Crippen LogP contribution in [0.25, 0.3) is 0 Å². The van der Waals surface area contributed by atoms with E-state index in [1.165, 1.54) is 0 Å². The fourth-order valence-corrected chi connectivity index (χ4v) is 3.24. The number of benzene rings is 1. The van der Waals surface area contributed by atoms with Gasteiger partial charge in [-0.1, -0.05) is 0 Å². The maximum Gasteiger partial charge on any atom is 0.290 e. The smallest absolute Gasteiger partial charge is 0.290 e. The number of fused-ring (bicyclic) bond motifs is 1. The molecule has 0 saturated heterocycles. The van der Waals surface area contributed by atoms with E-state index < -0.39 is 0 Å². The SMILES string of the molecule is O=C(Nc1ccc2c(c1)CCN2C(=O)c1cccnc1)C1=CCCCO1. The zero-order chi connectivity index (χ0) is 17.9. The lowest BCUT2D eigenvalue weighted by Gasteiger charge is -2.18. The van der Waals surface area contributed by atoms with Crippen LogP contribution in [0.5, 0.6) is 0 Å². The number of ether oxygens (including phenoxy) is 1. The highest BCUT2D eigenvalue weighted by Crippen LogP contribution is 2.31. The Morgan fingerprint density at radius 3 is 2.92 bits per heavy atom. The summed E-state index contributed by atoms with van der Waals surface area (Å²) in [4.78, 5) is 30.7. The Bertz CT molecular complexity index is 877.